The average molecular weight is 446 g/mol. The van der Waals surface area contributed by atoms with Crippen molar-refractivity contribution < 1.29 is 5.11 Å². The molecule has 7 heteroatoms. The van der Waals surface area contributed by atoms with Crippen LogP contribution < -0.4 is 21.5 Å². The fourth-order valence-electron chi connectivity index (χ4n) is 4.02. The van der Waals surface area contributed by atoms with Crippen molar-refractivity contribution in [3.05, 3.63) is 82.2 Å². The Balaban J connectivity index is 1.49. The maximum atomic E-state index is 9.51. The second-order valence-corrected chi connectivity index (χ2v) is 9.07. The number of imidazole rings is 1. The molecule has 2 aromatic carbocycles. The monoisotopic (exact) mass is 445 g/mol. The Bertz CT molecular complexity index is 1360. The summed E-state index contributed by atoms with van der Waals surface area (Å²) in [6, 6.07) is 16.2. The van der Waals surface area contributed by atoms with Crippen LogP contribution in [-0.4, -0.2) is 21.2 Å². The molecule has 164 valence electrons. The maximum Gasteiger partial charge on any atom is 0.161 e. The van der Waals surface area contributed by atoms with E-state index < -0.39 is 0 Å². The molecule has 1 aliphatic rings. The van der Waals surface area contributed by atoms with Crippen LogP contribution in [0.5, 0.6) is 5.75 Å². The molecule has 0 fully saturated rings. The number of phenolic OH excluding ortho intramolecular Hbond substituents is 1. The minimum absolute atomic E-state index is 0.172. The lowest BCUT2D eigenvalue weighted by molar-refractivity contribution is 0.475. The molecule has 0 bridgehead atoms. The largest absolute Gasteiger partial charge is 0.508 e. The molecule has 0 radical (unpaired) electrons. The van der Waals surface area contributed by atoms with Gasteiger partial charge < -0.3 is 20.3 Å². The van der Waals surface area contributed by atoms with Gasteiger partial charge in [0.25, 0.3) is 0 Å². The zero-order valence-electron chi connectivity index (χ0n) is 18.2. The van der Waals surface area contributed by atoms with E-state index in [1.54, 1.807) is 23.5 Å². The van der Waals surface area contributed by atoms with Crippen molar-refractivity contribution in [3.8, 4) is 5.75 Å². The van der Waals surface area contributed by atoms with Gasteiger partial charge in [-0.3, -0.25) is 0 Å². The first-order valence-corrected chi connectivity index (χ1v) is 11.9. The van der Waals surface area contributed by atoms with Gasteiger partial charge in [-0.15, -0.1) is 11.3 Å². The van der Waals surface area contributed by atoms with Gasteiger partial charge in [-0.1, -0.05) is 37.3 Å². The molecule has 0 aliphatic carbocycles. The highest BCUT2D eigenvalue weighted by molar-refractivity contribution is 7.17. The molecule has 0 amide bonds. The summed E-state index contributed by atoms with van der Waals surface area (Å²) in [5, 5.41) is 21.0. The molecule has 6 nitrogen and oxygen atoms in total. The summed E-state index contributed by atoms with van der Waals surface area (Å²) >= 11 is 1.75. The molecule has 2 atom stereocenters. The number of aromatic nitrogens is 2. The highest BCUT2D eigenvalue weighted by atomic mass is 32.1. The molecule has 1 aliphatic heterocycles. The van der Waals surface area contributed by atoms with Crippen LogP contribution in [0.15, 0.2) is 65.2 Å². The number of benzene rings is 2. The standard InChI is InChI=1S/C25H27N5OS/c1-3-16(2)30-15-27-22-24(26-13-12-17-8-10-18(31)11-9-17)28-23(29-25(22)30)20-14-32-21-7-5-4-6-19(20)21/h4-11,14-16,23,26,28,31H,3,12-13H2,1-2H3. The van der Waals surface area contributed by atoms with Crippen molar-refractivity contribution in [2.24, 2.45) is 4.99 Å². The first kappa shape index (κ1) is 20.6. The third-order valence-corrected chi connectivity index (χ3v) is 7.04. The number of hydrogen-bond donors (Lipinski definition) is 3. The molecular formula is C25H27N5OS. The molecule has 2 unspecified atom stereocenters. The van der Waals surface area contributed by atoms with Gasteiger partial charge in [-0.05, 0) is 54.3 Å². The van der Waals surface area contributed by atoms with E-state index in [1.807, 2.05) is 18.5 Å². The summed E-state index contributed by atoms with van der Waals surface area (Å²) in [6.07, 6.45) is 3.59. The Morgan fingerprint density at radius 3 is 2.81 bits per heavy atom. The van der Waals surface area contributed by atoms with Gasteiger partial charge in [0, 0.05) is 22.8 Å². The Morgan fingerprint density at radius 2 is 2.00 bits per heavy atom. The second-order valence-electron chi connectivity index (χ2n) is 8.16. The minimum atomic E-state index is -0.172. The zero-order valence-corrected chi connectivity index (χ0v) is 19.1. The lowest BCUT2D eigenvalue weighted by Crippen LogP contribution is -2.47. The summed E-state index contributed by atoms with van der Waals surface area (Å²) < 4.78 is 3.45. The van der Waals surface area contributed by atoms with Crippen LogP contribution in [0.1, 0.15) is 43.6 Å². The third-order valence-electron chi connectivity index (χ3n) is 6.06. The average Bonchev–Trinajstić information content (AvgIpc) is 3.44. The van der Waals surface area contributed by atoms with E-state index in [4.69, 9.17) is 9.98 Å². The van der Waals surface area contributed by atoms with Crippen LogP contribution in [-0.2, 0) is 6.42 Å². The van der Waals surface area contributed by atoms with Gasteiger partial charge in [-0.2, -0.15) is 0 Å². The van der Waals surface area contributed by atoms with Crippen LogP contribution in [0.25, 0.3) is 15.9 Å². The van der Waals surface area contributed by atoms with Crippen molar-refractivity contribution in [3.63, 3.8) is 0 Å². The van der Waals surface area contributed by atoms with Crippen molar-refractivity contribution in [2.75, 3.05) is 6.54 Å². The van der Waals surface area contributed by atoms with E-state index >= 15 is 0 Å². The Hall–Kier alpha value is -3.32. The molecule has 5 rings (SSSR count). The molecule has 3 N–H and O–H groups in total. The zero-order chi connectivity index (χ0) is 22.1. The van der Waals surface area contributed by atoms with E-state index in [1.165, 1.54) is 21.2 Å². The minimum Gasteiger partial charge on any atom is -0.508 e. The fourth-order valence-corrected chi connectivity index (χ4v) is 5.00. The third kappa shape index (κ3) is 3.84. The van der Waals surface area contributed by atoms with E-state index in [0.29, 0.717) is 6.04 Å². The number of nitrogens with zero attached hydrogens (tertiary/aromatic N) is 3. The Kier molecular flexibility index (Phi) is 5.57. The molecule has 0 saturated carbocycles. The normalized spacial score (nSPS) is 16.3. The number of rotatable bonds is 7. The molecule has 0 spiro atoms. The number of aromatic hydroxyl groups is 1. The number of hydrogen-bond acceptors (Lipinski definition) is 6. The number of nitrogens with one attached hydrogen (secondary N) is 2. The smallest absolute Gasteiger partial charge is 0.161 e. The molecule has 4 aromatic rings. The van der Waals surface area contributed by atoms with Crippen molar-refractivity contribution in [1.29, 1.82) is 0 Å². The van der Waals surface area contributed by atoms with Crippen molar-refractivity contribution in [2.45, 2.75) is 38.9 Å². The van der Waals surface area contributed by atoms with Crippen molar-refractivity contribution >= 4 is 27.2 Å². The van der Waals surface area contributed by atoms with Gasteiger partial charge in [0.1, 0.15) is 23.1 Å². The second kappa shape index (κ2) is 8.67. The van der Waals surface area contributed by atoms with E-state index in [2.05, 4.69) is 58.7 Å². The van der Waals surface area contributed by atoms with Crippen LogP contribution in [0, 0.1) is 0 Å². The van der Waals surface area contributed by atoms with Crippen LogP contribution in [0.2, 0.25) is 0 Å². The Morgan fingerprint density at radius 1 is 1.19 bits per heavy atom. The fraction of sp³-hybridized carbons (Fsp3) is 0.280. The molecule has 0 saturated heterocycles. The SMILES string of the molecule is CCC(C)n1cnc2c1=NC(c1csc3ccccc13)NC=2NCCc1ccc(O)cc1. The van der Waals surface area contributed by atoms with Gasteiger partial charge in [0.2, 0.25) is 0 Å². The van der Waals surface area contributed by atoms with Gasteiger partial charge >= 0.3 is 0 Å². The number of phenols is 1. The number of fused-ring (bicyclic) bond motifs is 2. The topological polar surface area (TPSA) is 74.5 Å². The predicted molar refractivity (Wildman–Crippen MR) is 129 cm³/mol. The Labute approximate surface area is 191 Å². The summed E-state index contributed by atoms with van der Waals surface area (Å²) in [7, 11) is 0. The summed E-state index contributed by atoms with van der Waals surface area (Å²) in [6.45, 7) is 5.13. The summed E-state index contributed by atoms with van der Waals surface area (Å²) in [5.74, 6) is 1.20. The van der Waals surface area contributed by atoms with Gasteiger partial charge in [-0.25, -0.2) is 9.98 Å². The summed E-state index contributed by atoms with van der Waals surface area (Å²) in [5.41, 5.74) is 3.28. The molecule has 2 aromatic heterocycles. The van der Waals surface area contributed by atoms with E-state index in [9.17, 15) is 5.11 Å². The summed E-state index contributed by atoms with van der Waals surface area (Å²) in [4.78, 5) is 9.80. The van der Waals surface area contributed by atoms with Crippen LogP contribution in [0.4, 0.5) is 0 Å². The quantitative estimate of drug-likeness (QED) is 0.406. The van der Waals surface area contributed by atoms with Gasteiger partial charge in [0.05, 0.1) is 6.33 Å². The van der Waals surface area contributed by atoms with Crippen LogP contribution in [0.3, 0.4) is 0 Å². The molecule has 3 heterocycles. The first-order chi connectivity index (χ1) is 15.6. The maximum absolute atomic E-state index is 9.51. The predicted octanol–water partition coefficient (Wildman–Crippen LogP) is 3.59. The lowest BCUT2D eigenvalue weighted by Gasteiger charge is -2.22. The highest BCUT2D eigenvalue weighted by Gasteiger charge is 2.22. The van der Waals surface area contributed by atoms with Crippen molar-refractivity contribution in [1.82, 2.24) is 20.2 Å². The first-order valence-electron chi connectivity index (χ1n) is 11.0. The molecule has 32 heavy (non-hydrogen) atoms. The number of thiophene rings is 1. The van der Waals surface area contributed by atoms with Gasteiger partial charge in [0.15, 0.2) is 5.49 Å². The van der Waals surface area contributed by atoms with Crippen LogP contribution >= 0.6 is 11.3 Å². The molecular weight excluding hydrogens is 418 g/mol. The highest BCUT2D eigenvalue weighted by Crippen LogP contribution is 2.31. The lowest BCUT2D eigenvalue weighted by atomic mass is 10.1. The van der Waals surface area contributed by atoms with E-state index in [-0.39, 0.29) is 11.9 Å². The van der Waals surface area contributed by atoms with E-state index in [0.717, 1.165) is 36.0 Å².